The molecule has 5 heteroatoms. The highest BCUT2D eigenvalue weighted by Gasteiger charge is 2.24. The van der Waals surface area contributed by atoms with E-state index in [1.807, 2.05) is 48.2 Å². The van der Waals surface area contributed by atoms with Crippen molar-refractivity contribution in [3.63, 3.8) is 0 Å². The van der Waals surface area contributed by atoms with Crippen LogP contribution in [0.4, 0.5) is 10.5 Å². The fourth-order valence-electron chi connectivity index (χ4n) is 2.61. The van der Waals surface area contributed by atoms with Crippen molar-refractivity contribution in [2.24, 2.45) is 0 Å². The van der Waals surface area contributed by atoms with Crippen LogP contribution in [0.2, 0.25) is 0 Å². The second-order valence-electron chi connectivity index (χ2n) is 5.27. The zero-order valence-corrected chi connectivity index (χ0v) is 12.4. The minimum absolute atomic E-state index is 0.0300. The van der Waals surface area contributed by atoms with Crippen LogP contribution >= 0.6 is 0 Å². The first-order valence-corrected chi connectivity index (χ1v) is 7.34. The summed E-state index contributed by atoms with van der Waals surface area (Å²) in [6, 6.07) is 11.4. The molecule has 0 unspecified atom stereocenters. The number of anilines is 1. The SMILES string of the molecule is C[C@@H]1C=C(c2ccncn2)CCN1C(=O)Nc1ccccc1. The zero-order valence-electron chi connectivity index (χ0n) is 12.4. The van der Waals surface area contributed by atoms with Gasteiger partial charge < -0.3 is 10.2 Å². The van der Waals surface area contributed by atoms with Gasteiger partial charge in [-0.25, -0.2) is 14.8 Å². The van der Waals surface area contributed by atoms with E-state index < -0.39 is 0 Å². The molecule has 1 aliphatic rings. The average molecular weight is 294 g/mol. The van der Waals surface area contributed by atoms with Crippen LogP contribution in [-0.2, 0) is 0 Å². The van der Waals surface area contributed by atoms with Crippen LogP contribution in [0, 0.1) is 0 Å². The van der Waals surface area contributed by atoms with Gasteiger partial charge in [0.2, 0.25) is 0 Å². The molecule has 5 nitrogen and oxygen atoms in total. The van der Waals surface area contributed by atoms with Gasteiger partial charge in [0.15, 0.2) is 0 Å². The number of benzene rings is 1. The Kier molecular flexibility index (Phi) is 4.14. The maximum Gasteiger partial charge on any atom is 0.322 e. The van der Waals surface area contributed by atoms with E-state index in [1.54, 1.807) is 12.5 Å². The molecule has 1 aromatic carbocycles. The number of carbonyl (C=O) groups excluding carboxylic acids is 1. The van der Waals surface area contributed by atoms with Gasteiger partial charge in [-0.05, 0) is 37.1 Å². The van der Waals surface area contributed by atoms with Crippen molar-refractivity contribution in [1.82, 2.24) is 14.9 Å². The lowest BCUT2D eigenvalue weighted by Gasteiger charge is -2.32. The number of carbonyl (C=O) groups is 1. The number of para-hydroxylation sites is 1. The molecule has 22 heavy (non-hydrogen) atoms. The molecule has 0 saturated heterocycles. The lowest BCUT2D eigenvalue weighted by Crippen LogP contribution is -2.43. The number of aromatic nitrogens is 2. The molecule has 0 radical (unpaired) electrons. The van der Waals surface area contributed by atoms with Crippen molar-refractivity contribution in [1.29, 1.82) is 0 Å². The van der Waals surface area contributed by atoms with Gasteiger partial charge in [0, 0.05) is 24.5 Å². The highest BCUT2D eigenvalue weighted by atomic mass is 16.2. The Morgan fingerprint density at radius 3 is 2.77 bits per heavy atom. The fourth-order valence-corrected chi connectivity index (χ4v) is 2.61. The highest BCUT2D eigenvalue weighted by Crippen LogP contribution is 2.24. The highest BCUT2D eigenvalue weighted by molar-refractivity contribution is 5.90. The average Bonchev–Trinajstić information content (AvgIpc) is 2.56. The summed E-state index contributed by atoms with van der Waals surface area (Å²) in [6.45, 7) is 2.70. The minimum Gasteiger partial charge on any atom is -0.318 e. The van der Waals surface area contributed by atoms with Crippen molar-refractivity contribution in [3.05, 3.63) is 60.7 Å². The minimum atomic E-state index is -0.0725. The smallest absolute Gasteiger partial charge is 0.318 e. The second-order valence-corrected chi connectivity index (χ2v) is 5.27. The first kappa shape index (κ1) is 14.3. The van der Waals surface area contributed by atoms with E-state index in [0.29, 0.717) is 6.54 Å². The number of nitrogens with zero attached hydrogens (tertiary/aromatic N) is 3. The van der Waals surface area contributed by atoms with Gasteiger partial charge in [0.25, 0.3) is 0 Å². The molecule has 0 saturated carbocycles. The maximum atomic E-state index is 12.4. The summed E-state index contributed by atoms with van der Waals surface area (Å²) in [5.41, 5.74) is 2.91. The molecule has 2 aromatic rings. The van der Waals surface area contributed by atoms with E-state index in [-0.39, 0.29) is 12.1 Å². The van der Waals surface area contributed by atoms with Crippen molar-refractivity contribution in [2.45, 2.75) is 19.4 Å². The summed E-state index contributed by atoms with van der Waals surface area (Å²) in [5, 5.41) is 2.93. The fraction of sp³-hybridized carbons (Fsp3) is 0.235. The molecule has 2 amide bonds. The van der Waals surface area contributed by atoms with Crippen LogP contribution in [0.15, 0.2) is 55.0 Å². The van der Waals surface area contributed by atoms with Gasteiger partial charge in [0.1, 0.15) is 6.33 Å². The normalized spacial score (nSPS) is 17.8. The summed E-state index contributed by atoms with van der Waals surface area (Å²) in [5.74, 6) is 0. The number of amides is 2. The van der Waals surface area contributed by atoms with E-state index in [9.17, 15) is 4.79 Å². The Morgan fingerprint density at radius 1 is 1.27 bits per heavy atom. The number of nitrogens with one attached hydrogen (secondary N) is 1. The van der Waals surface area contributed by atoms with Gasteiger partial charge in [-0.15, -0.1) is 0 Å². The Labute approximate surface area is 129 Å². The zero-order chi connectivity index (χ0) is 15.4. The predicted octanol–water partition coefficient (Wildman–Crippen LogP) is 3.19. The first-order chi connectivity index (χ1) is 10.7. The molecule has 1 N–H and O–H groups in total. The second kappa shape index (κ2) is 6.39. The summed E-state index contributed by atoms with van der Waals surface area (Å²) < 4.78 is 0. The number of hydrogen-bond acceptors (Lipinski definition) is 3. The Balaban J connectivity index is 1.70. The molecule has 1 aromatic heterocycles. The third kappa shape index (κ3) is 3.14. The van der Waals surface area contributed by atoms with E-state index in [1.165, 1.54) is 5.57 Å². The van der Waals surface area contributed by atoms with Crippen LogP contribution in [0.1, 0.15) is 19.0 Å². The van der Waals surface area contributed by atoms with E-state index in [0.717, 1.165) is 17.8 Å². The molecule has 2 heterocycles. The molecule has 0 spiro atoms. The van der Waals surface area contributed by atoms with Crippen LogP contribution in [0.3, 0.4) is 0 Å². The molecule has 1 atom stereocenters. The molecule has 1 aliphatic heterocycles. The lowest BCUT2D eigenvalue weighted by molar-refractivity contribution is 0.202. The van der Waals surface area contributed by atoms with Crippen molar-refractivity contribution >= 4 is 17.3 Å². The summed E-state index contributed by atoms with van der Waals surface area (Å²) in [6.07, 6.45) is 6.18. The molecule has 0 fully saturated rings. The maximum absolute atomic E-state index is 12.4. The largest absolute Gasteiger partial charge is 0.322 e. The van der Waals surface area contributed by atoms with Crippen LogP contribution < -0.4 is 5.32 Å². The van der Waals surface area contributed by atoms with Gasteiger partial charge in [-0.2, -0.15) is 0 Å². The van der Waals surface area contributed by atoms with Gasteiger partial charge in [-0.1, -0.05) is 24.3 Å². The third-order valence-corrected chi connectivity index (χ3v) is 3.75. The van der Waals surface area contributed by atoms with Crippen molar-refractivity contribution in [3.8, 4) is 0 Å². The molecule has 112 valence electrons. The third-order valence-electron chi connectivity index (χ3n) is 3.75. The molecule has 0 aliphatic carbocycles. The van der Waals surface area contributed by atoms with Gasteiger partial charge >= 0.3 is 6.03 Å². The van der Waals surface area contributed by atoms with Crippen molar-refractivity contribution < 1.29 is 4.79 Å². The van der Waals surface area contributed by atoms with Gasteiger partial charge in [0.05, 0.1) is 5.69 Å². The molecule has 3 rings (SSSR count). The van der Waals surface area contributed by atoms with Crippen LogP contribution in [0.25, 0.3) is 5.57 Å². The monoisotopic (exact) mass is 294 g/mol. The standard InChI is InChI=1S/C17H18N4O/c1-13-11-14(16-7-9-18-12-19-16)8-10-21(13)17(22)20-15-5-3-2-4-6-15/h2-7,9,11-13H,8,10H2,1H3,(H,20,22)/t13-/m1/s1. The first-order valence-electron chi connectivity index (χ1n) is 7.34. The summed E-state index contributed by atoms with van der Waals surface area (Å²) in [4.78, 5) is 22.4. The summed E-state index contributed by atoms with van der Waals surface area (Å²) in [7, 11) is 0. The lowest BCUT2D eigenvalue weighted by atomic mass is 10.0. The quantitative estimate of drug-likeness (QED) is 0.925. The number of rotatable bonds is 2. The Hall–Kier alpha value is -2.69. The van der Waals surface area contributed by atoms with Crippen molar-refractivity contribution in [2.75, 3.05) is 11.9 Å². The Bertz CT molecular complexity index is 670. The van der Waals surface area contributed by atoms with Crippen LogP contribution in [0.5, 0.6) is 0 Å². The Morgan fingerprint density at radius 2 is 2.09 bits per heavy atom. The van der Waals surface area contributed by atoms with Gasteiger partial charge in [-0.3, -0.25) is 0 Å². The molecule has 0 bridgehead atoms. The topological polar surface area (TPSA) is 58.1 Å². The number of urea groups is 1. The molecular formula is C17H18N4O. The van der Waals surface area contributed by atoms with E-state index in [2.05, 4.69) is 21.4 Å². The number of hydrogen-bond donors (Lipinski definition) is 1. The summed E-state index contributed by atoms with van der Waals surface area (Å²) >= 11 is 0. The molecular weight excluding hydrogens is 276 g/mol. The van der Waals surface area contributed by atoms with E-state index >= 15 is 0 Å². The van der Waals surface area contributed by atoms with Crippen LogP contribution in [-0.4, -0.2) is 33.5 Å². The van der Waals surface area contributed by atoms with E-state index in [4.69, 9.17) is 0 Å². The predicted molar refractivity (Wildman–Crippen MR) is 86.3 cm³/mol.